The summed E-state index contributed by atoms with van der Waals surface area (Å²) in [5, 5.41) is 13.8. The van der Waals surface area contributed by atoms with Gasteiger partial charge in [-0.05, 0) is 62.4 Å². The first-order valence-electron chi connectivity index (χ1n) is 9.39. The van der Waals surface area contributed by atoms with Crippen LogP contribution in [0.1, 0.15) is 29.9 Å². The van der Waals surface area contributed by atoms with E-state index in [4.69, 9.17) is 4.74 Å². The van der Waals surface area contributed by atoms with E-state index in [0.29, 0.717) is 34.4 Å². The van der Waals surface area contributed by atoms with Crippen molar-refractivity contribution in [2.75, 3.05) is 11.9 Å². The van der Waals surface area contributed by atoms with E-state index in [1.165, 1.54) is 47.4 Å². The number of carbonyl (C=O) groups is 2. The second-order valence-electron chi connectivity index (χ2n) is 7.11. The van der Waals surface area contributed by atoms with E-state index >= 15 is 0 Å². The number of amides is 1. The van der Waals surface area contributed by atoms with Crippen LogP contribution >= 0.6 is 23.1 Å². The summed E-state index contributed by atoms with van der Waals surface area (Å²) in [6.07, 6.45) is 0.581. The van der Waals surface area contributed by atoms with Gasteiger partial charge in [-0.1, -0.05) is 11.8 Å². The molecule has 162 valence electrons. The van der Waals surface area contributed by atoms with Crippen LogP contribution in [-0.2, 0) is 11.2 Å². The highest BCUT2D eigenvalue weighted by molar-refractivity contribution is 8.02. The van der Waals surface area contributed by atoms with Crippen molar-refractivity contribution in [3.63, 3.8) is 0 Å². The fourth-order valence-corrected chi connectivity index (χ4v) is 4.65. The second-order valence-corrected chi connectivity index (χ2v) is 9.83. The summed E-state index contributed by atoms with van der Waals surface area (Å²) in [6, 6.07) is 12.3. The largest absolute Gasteiger partial charge is 0.493 e. The van der Waals surface area contributed by atoms with E-state index in [1.54, 1.807) is 38.1 Å². The number of aromatic nitrogens is 1. The number of carboxylic acids is 1. The Bertz CT molecular complexity index is 1050. The van der Waals surface area contributed by atoms with Gasteiger partial charge in [0, 0.05) is 23.1 Å². The molecule has 0 saturated heterocycles. The molecule has 0 unspecified atom stereocenters. The second kappa shape index (κ2) is 9.93. The van der Waals surface area contributed by atoms with Crippen LogP contribution in [0.5, 0.6) is 5.75 Å². The van der Waals surface area contributed by atoms with Gasteiger partial charge in [-0.2, -0.15) is 0 Å². The molecule has 2 aromatic carbocycles. The highest BCUT2D eigenvalue weighted by atomic mass is 32.2. The van der Waals surface area contributed by atoms with Gasteiger partial charge >= 0.3 is 5.97 Å². The maximum atomic E-state index is 12.9. The van der Waals surface area contributed by atoms with E-state index < -0.39 is 10.7 Å². The van der Waals surface area contributed by atoms with E-state index in [9.17, 15) is 19.1 Å². The van der Waals surface area contributed by atoms with Gasteiger partial charge in [0.15, 0.2) is 4.34 Å². The molecule has 1 heterocycles. The highest BCUT2D eigenvalue weighted by Gasteiger charge is 2.29. The van der Waals surface area contributed by atoms with Crippen LogP contribution in [-0.4, -0.2) is 33.3 Å². The Morgan fingerprint density at radius 1 is 1.16 bits per heavy atom. The van der Waals surface area contributed by atoms with Crippen molar-refractivity contribution in [2.45, 2.75) is 29.4 Å². The topological polar surface area (TPSA) is 88.5 Å². The Labute approximate surface area is 187 Å². The van der Waals surface area contributed by atoms with Crippen LogP contribution in [0.25, 0.3) is 0 Å². The summed E-state index contributed by atoms with van der Waals surface area (Å²) in [5.41, 5.74) is 1.81. The Hall–Kier alpha value is -2.91. The van der Waals surface area contributed by atoms with Gasteiger partial charge < -0.3 is 15.2 Å². The fourth-order valence-electron chi connectivity index (χ4n) is 2.42. The molecule has 0 fully saturated rings. The zero-order valence-electron chi connectivity index (χ0n) is 16.9. The predicted molar refractivity (Wildman–Crippen MR) is 120 cm³/mol. The van der Waals surface area contributed by atoms with Crippen molar-refractivity contribution < 1.29 is 23.8 Å². The van der Waals surface area contributed by atoms with Crippen molar-refractivity contribution in [3.05, 3.63) is 71.0 Å². The minimum Gasteiger partial charge on any atom is -0.493 e. The number of ether oxygens (including phenoxy) is 1. The van der Waals surface area contributed by atoms with Crippen LogP contribution in [0.15, 0.2) is 58.3 Å². The van der Waals surface area contributed by atoms with Crippen LogP contribution in [0, 0.1) is 5.82 Å². The average Bonchev–Trinajstić information content (AvgIpc) is 3.16. The molecule has 31 heavy (non-hydrogen) atoms. The molecular weight excluding hydrogens is 439 g/mol. The lowest BCUT2D eigenvalue weighted by Crippen LogP contribution is -2.26. The minimum atomic E-state index is -0.934. The Morgan fingerprint density at radius 3 is 2.48 bits per heavy atom. The average molecular weight is 461 g/mol. The molecule has 2 N–H and O–H groups in total. The number of rotatable bonds is 9. The van der Waals surface area contributed by atoms with Gasteiger partial charge in [-0.25, -0.2) is 9.37 Å². The number of benzene rings is 2. The summed E-state index contributed by atoms with van der Waals surface area (Å²) >= 11 is 2.64. The first kappa shape index (κ1) is 22.8. The lowest BCUT2D eigenvalue weighted by Gasteiger charge is -2.15. The molecule has 0 aliphatic carbocycles. The number of hydrogen-bond donors (Lipinski definition) is 2. The third-order valence-corrected chi connectivity index (χ3v) is 6.41. The molecule has 0 radical (unpaired) electrons. The number of nitrogens with zero attached hydrogens (tertiary/aromatic N) is 1. The maximum Gasteiger partial charge on any atom is 0.319 e. The van der Waals surface area contributed by atoms with Crippen LogP contribution in [0.4, 0.5) is 10.1 Å². The first-order valence-corrected chi connectivity index (χ1v) is 11.1. The molecule has 1 amide bonds. The molecule has 0 atom stereocenters. The Balaban J connectivity index is 1.48. The van der Waals surface area contributed by atoms with E-state index in [1.807, 2.05) is 5.38 Å². The van der Waals surface area contributed by atoms with Crippen molar-refractivity contribution in [1.29, 1.82) is 0 Å². The van der Waals surface area contributed by atoms with Gasteiger partial charge in [-0.3, -0.25) is 9.59 Å². The van der Waals surface area contributed by atoms with Crippen molar-refractivity contribution in [3.8, 4) is 5.75 Å². The van der Waals surface area contributed by atoms with E-state index in [-0.39, 0.29) is 11.7 Å². The number of halogens is 1. The molecule has 0 saturated carbocycles. The maximum absolute atomic E-state index is 12.9. The standard InChI is InChI=1S/C22H21FN2O4S2/c1-22(2,20(27)28)31-21-25-17(13-30-21)11-12-29-18-9-3-14(4-10-18)19(26)24-16-7-5-15(23)6-8-16/h3-10,13H,11-12H2,1-2H3,(H,24,26)(H,27,28). The molecule has 0 spiro atoms. The summed E-state index contributed by atoms with van der Waals surface area (Å²) in [6.45, 7) is 3.69. The van der Waals surface area contributed by atoms with Crippen molar-refractivity contribution in [1.82, 2.24) is 4.98 Å². The molecule has 0 aliphatic rings. The third-order valence-electron chi connectivity index (χ3n) is 4.23. The molecule has 9 heteroatoms. The van der Waals surface area contributed by atoms with Gasteiger partial charge in [0.05, 0.1) is 12.3 Å². The fraction of sp³-hybridized carbons (Fsp3) is 0.227. The Kier molecular flexibility index (Phi) is 7.29. The summed E-state index contributed by atoms with van der Waals surface area (Å²) < 4.78 is 18.4. The number of nitrogens with one attached hydrogen (secondary N) is 1. The van der Waals surface area contributed by atoms with Gasteiger partial charge in [0.25, 0.3) is 5.91 Å². The normalized spacial score (nSPS) is 11.2. The van der Waals surface area contributed by atoms with E-state index in [0.717, 1.165) is 5.69 Å². The number of thioether (sulfide) groups is 1. The number of carbonyl (C=O) groups excluding carboxylic acids is 1. The summed E-state index contributed by atoms with van der Waals surface area (Å²) in [4.78, 5) is 27.9. The monoisotopic (exact) mass is 460 g/mol. The summed E-state index contributed by atoms with van der Waals surface area (Å²) in [7, 11) is 0. The van der Waals surface area contributed by atoms with E-state index in [2.05, 4.69) is 10.3 Å². The zero-order chi connectivity index (χ0) is 22.4. The van der Waals surface area contributed by atoms with Gasteiger partial charge in [0.2, 0.25) is 0 Å². The first-order chi connectivity index (χ1) is 14.7. The third kappa shape index (κ3) is 6.53. The molecule has 0 aliphatic heterocycles. The number of aliphatic carboxylic acids is 1. The molecule has 3 aromatic rings. The van der Waals surface area contributed by atoms with Gasteiger partial charge in [-0.15, -0.1) is 11.3 Å². The quantitative estimate of drug-likeness (QED) is 0.432. The molecule has 3 rings (SSSR count). The number of hydrogen-bond acceptors (Lipinski definition) is 6. The number of carboxylic acid groups (broad SMARTS) is 1. The zero-order valence-corrected chi connectivity index (χ0v) is 18.6. The Morgan fingerprint density at radius 2 is 1.84 bits per heavy atom. The van der Waals surface area contributed by atoms with Crippen molar-refractivity contribution in [2.24, 2.45) is 0 Å². The lowest BCUT2D eigenvalue weighted by atomic mass is 10.2. The predicted octanol–water partition coefficient (Wildman–Crippen LogP) is 5.11. The number of anilines is 1. The summed E-state index contributed by atoms with van der Waals surface area (Å²) in [5.74, 6) is -0.922. The smallest absolute Gasteiger partial charge is 0.319 e. The highest BCUT2D eigenvalue weighted by Crippen LogP contribution is 2.34. The molecule has 0 bridgehead atoms. The molecule has 6 nitrogen and oxygen atoms in total. The van der Waals surface area contributed by atoms with Crippen LogP contribution < -0.4 is 10.1 Å². The van der Waals surface area contributed by atoms with Gasteiger partial charge in [0.1, 0.15) is 16.3 Å². The lowest BCUT2D eigenvalue weighted by molar-refractivity contribution is -0.138. The molecular formula is C22H21FN2O4S2. The number of thiazole rings is 1. The van der Waals surface area contributed by atoms with Crippen LogP contribution in [0.3, 0.4) is 0 Å². The minimum absolute atomic E-state index is 0.296. The molecule has 1 aromatic heterocycles. The SMILES string of the molecule is CC(C)(Sc1nc(CCOc2ccc(C(=O)Nc3ccc(F)cc3)cc2)cs1)C(=O)O. The van der Waals surface area contributed by atoms with Crippen molar-refractivity contribution >= 4 is 40.7 Å². The van der Waals surface area contributed by atoms with Crippen LogP contribution in [0.2, 0.25) is 0 Å².